The van der Waals surface area contributed by atoms with Crippen LogP contribution in [0.15, 0.2) is 53.5 Å². The molecule has 0 aliphatic rings. The Kier molecular flexibility index (Phi) is 5.51. The van der Waals surface area contributed by atoms with Crippen molar-refractivity contribution in [1.29, 1.82) is 0 Å². The summed E-state index contributed by atoms with van der Waals surface area (Å²) in [6, 6.07) is 9.86. The molecule has 1 N–H and O–H groups in total. The number of halogens is 2. The van der Waals surface area contributed by atoms with Crippen LogP contribution < -0.4 is 0 Å². The number of phenols is 1. The first-order valence-electron chi connectivity index (χ1n) is 8.83. The molecule has 6 nitrogen and oxygen atoms in total. The first-order valence-corrected chi connectivity index (χ1v) is 11.1. The summed E-state index contributed by atoms with van der Waals surface area (Å²) >= 11 is 3.42. The Morgan fingerprint density at radius 1 is 1.21 bits per heavy atom. The molecule has 4 aromatic rings. The Bertz CT molecular complexity index is 1190. The van der Waals surface area contributed by atoms with Crippen LogP contribution in [0.3, 0.4) is 0 Å². The minimum atomic E-state index is -1.16. The van der Waals surface area contributed by atoms with Crippen molar-refractivity contribution in [3.8, 4) is 5.75 Å². The molecule has 0 aliphatic heterocycles. The summed E-state index contributed by atoms with van der Waals surface area (Å²) in [5.74, 6) is 0.544. The van der Waals surface area contributed by atoms with Gasteiger partial charge in [-0.05, 0) is 45.8 Å². The number of rotatable bonds is 6. The molecule has 150 valence electrons. The van der Waals surface area contributed by atoms with E-state index in [1.807, 2.05) is 23.7 Å². The van der Waals surface area contributed by atoms with Crippen molar-refractivity contribution in [2.24, 2.45) is 7.05 Å². The lowest BCUT2D eigenvalue weighted by molar-refractivity contribution is 0.462. The number of hydrogen-bond donors (Lipinski definition) is 1. The van der Waals surface area contributed by atoms with E-state index in [1.165, 1.54) is 18.5 Å². The van der Waals surface area contributed by atoms with Gasteiger partial charge in [-0.25, -0.2) is 14.1 Å². The van der Waals surface area contributed by atoms with Gasteiger partial charge in [-0.3, -0.25) is 4.21 Å². The number of aryl methyl sites for hydroxylation is 1. The molecule has 0 saturated carbocycles. The molecule has 0 spiro atoms. The van der Waals surface area contributed by atoms with Gasteiger partial charge in [-0.1, -0.05) is 12.1 Å². The van der Waals surface area contributed by atoms with E-state index in [9.17, 15) is 13.7 Å². The lowest BCUT2D eigenvalue weighted by Crippen LogP contribution is -2.04. The molecule has 0 bridgehead atoms. The lowest BCUT2D eigenvalue weighted by atomic mass is 10.1. The summed E-state index contributed by atoms with van der Waals surface area (Å²) in [7, 11) is 0.753. The van der Waals surface area contributed by atoms with E-state index in [4.69, 9.17) is 0 Å². The molecular formula is C20H18BrFN4O2S. The number of aromatic nitrogens is 4. The van der Waals surface area contributed by atoms with Crippen LogP contribution >= 0.6 is 15.9 Å². The van der Waals surface area contributed by atoms with Crippen molar-refractivity contribution in [3.05, 3.63) is 76.2 Å². The van der Waals surface area contributed by atoms with Crippen molar-refractivity contribution in [2.45, 2.75) is 18.1 Å². The van der Waals surface area contributed by atoms with Crippen molar-refractivity contribution >= 4 is 37.6 Å². The van der Waals surface area contributed by atoms with E-state index in [-0.39, 0.29) is 11.6 Å². The van der Waals surface area contributed by atoms with Gasteiger partial charge in [0.25, 0.3) is 0 Å². The van der Waals surface area contributed by atoms with Crippen molar-refractivity contribution in [1.82, 2.24) is 19.3 Å². The molecule has 1 atom stereocenters. The normalized spacial score (nSPS) is 12.5. The van der Waals surface area contributed by atoms with Crippen LogP contribution in [0.2, 0.25) is 0 Å². The van der Waals surface area contributed by atoms with E-state index < -0.39 is 10.8 Å². The Morgan fingerprint density at radius 2 is 1.97 bits per heavy atom. The quantitative estimate of drug-likeness (QED) is 0.458. The molecular weight excluding hydrogens is 459 g/mol. The third-order valence-corrected chi connectivity index (χ3v) is 6.69. The fraction of sp³-hybridized carbons (Fsp3) is 0.200. The molecule has 9 heteroatoms. The number of hydrogen-bond acceptors (Lipinski definition) is 4. The largest absolute Gasteiger partial charge is 0.506 e. The van der Waals surface area contributed by atoms with Crippen LogP contribution in [-0.4, -0.2) is 28.6 Å². The summed E-state index contributed by atoms with van der Waals surface area (Å²) in [5.41, 5.74) is 3.35. The number of phenolic OH excluding ortho intramolecular Hbond substituents is 1. The minimum absolute atomic E-state index is 0.151. The van der Waals surface area contributed by atoms with E-state index in [2.05, 4.69) is 26.0 Å². The average molecular weight is 477 g/mol. The topological polar surface area (TPSA) is 72.9 Å². The van der Waals surface area contributed by atoms with Gasteiger partial charge in [0.2, 0.25) is 0 Å². The van der Waals surface area contributed by atoms with Crippen molar-refractivity contribution < 1.29 is 13.7 Å². The van der Waals surface area contributed by atoms with Crippen LogP contribution in [0, 0.1) is 5.82 Å². The van der Waals surface area contributed by atoms with Crippen LogP contribution in [-0.2, 0) is 35.9 Å². The smallest absolute Gasteiger partial charge is 0.137 e. The van der Waals surface area contributed by atoms with Crippen LogP contribution in [0.1, 0.15) is 16.8 Å². The van der Waals surface area contributed by atoms with E-state index in [0.29, 0.717) is 28.1 Å². The van der Waals surface area contributed by atoms with Crippen molar-refractivity contribution in [3.63, 3.8) is 0 Å². The maximum atomic E-state index is 13.1. The van der Waals surface area contributed by atoms with Gasteiger partial charge < -0.3 is 9.67 Å². The van der Waals surface area contributed by atoms with Gasteiger partial charge in [0.1, 0.15) is 24.2 Å². The molecule has 2 heterocycles. The predicted molar refractivity (Wildman–Crippen MR) is 113 cm³/mol. The molecule has 0 aliphatic carbocycles. The minimum Gasteiger partial charge on any atom is -0.506 e. The lowest BCUT2D eigenvalue weighted by Gasteiger charge is -2.09. The molecule has 0 radical (unpaired) electrons. The molecule has 2 aromatic carbocycles. The van der Waals surface area contributed by atoms with Crippen LogP contribution in [0.5, 0.6) is 5.75 Å². The van der Waals surface area contributed by atoms with Crippen molar-refractivity contribution in [2.75, 3.05) is 0 Å². The van der Waals surface area contributed by atoms with Gasteiger partial charge >= 0.3 is 0 Å². The van der Waals surface area contributed by atoms with E-state index in [0.717, 1.165) is 22.2 Å². The Morgan fingerprint density at radius 3 is 2.66 bits per heavy atom. The third-order valence-electron chi connectivity index (χ3n) is 4.82. The second-order valence-corrected chi connectivity index (χ2v) is 9.07. The summed E-state index contributed by atoms with van der Waals surface area (Å²) in [6.45, 7) is 0.365. The van der Waals surface area contributed by atoms with Crippen LogP contribution in [0.25, 0.3) is 10.9 Å². The fourth-order valence-electron chi connectivity index (χ4n) is 3.31. The van der Waals surface area contributed by atoms with Gasteiger partial charge in [-0.2, -0.15) is 5.10 Å². The van der Waals surface area contributed by atoms with Gasteiger partial charge in [-0.15, -0.1) is 0 Å². The molecule has 2 aromatic heterocycles. The average Bonchev–Trinajstić information content (AvgIpc) is 3.30. The first kappa shape index (κ1) is 19.8. The number of nitrogens with zero attached hydrogens (tertiary/aromatic N) is 4. The molecule has 0 amide bonds. The summed E-state index contributed by atoms with van der Waals surface area (Å²) in [6.07, 6.45) is 3.04. The zero-order chi connectivity index (χ0) is 20.5. The number of fused-ring (bicyclic) bond motifs is 1. The molecule has 0 saturated heterocycles. The standard InChI is InChI=1S/C20H18BrFN4O2S/c1-25-15(10-29(28)9-13-2-4-14(22)5-3-13)6-16-17(8-26-12-23-11-24-26)20(27)18(21)7-19(16)25/h2-7,11-12,27H,8-10H2,1H3. The Labute approximate surface area is 177 Å². The molecule has 1 unspecified atom stereocenters. The highest BCUT2D eigenvalue weighted by molar-refractivity contribution is 9.10. The molecule has 0 fully saturated rings. The highest BCUT2D eigenvalue weighted by atomic mass is 79.9. The Balaban J connectivity index is 1.66. The monoisotopic (exact) mass is 476 g/mol. The highest BCUT2D eigenvalue weighted by Crippen LogP contribution is 2.37. The second-order valence-electron chi connectivity index (χ2n) is 6.76. The summed E-state index contributed by atoms with van der Waals surface area (Å²) in [5, 5.41) is 15.6. The van der Waals surface area contributed by atoms with E-state index in [1.54, 1.807) is 23.1 Å². The number of benzene rings is 2. The SMILES string of the molecule is Cn1c(CS(=O)Cc2ccc(F)cc2)cc2c(Cn3cncn3)c(O)c(Br)cc21. The zero-order valence-electron chi connectivity index (χ0n) is 15.5. The number of aromatic hydroxyl groups is 1. The summed E-state index contributed by atoms with van der Waals surface area (Å²) < 4.78 is 30.0. The van der Waals surface area contributed by atoms with Gasteiger partial charge in [0.15, 0.2) is 0 Å². The zero-order valence-corrected chi connectivity index (χ0v) is 18.0. The van der Waals surface area contributed by atoms with Gasteiger partial charge in [0.05, 0.1) is 16.8 Å². The highest BCUT2D eigenvalue weighted by Gasteiger charge is 2.18. The fourth-order valence-corrected chi connectivity index (χ4v) is 5.04. The molecule has 4 rings (SSSR count). The van der Waals surface area contributed by atoms with Crippen LogP contribution in [0.4, 0.5) is 4.39 Å². The predicted octanol–water partition coefficient (Wildman–Crippen LogP) is 3.87. The maximum absolute atomic E-state index is 13.1. The summed E-state index contributed by atoms with van der Waals surface area (Å²) in [4.78, 5) is 3.95. The van der Waals surface area contributed by atoms with E-state index >= 15 is 0 Å². The molecule has 29 heavy (non-hydrogen) atoms. The van der Waals surface area contributed by atoms with Gasteiger partial charge in [0, 0.05) is 45.8 Å². The third kappa shape index (κ3) is 4.11. The Hall–Kier alpha value is -2.52. The second kappa shape index (κ2) is 8.08. The maximum Gasteiger partial charge on any atom is 0.137 e. The first-order chi connectivity index (χ1) is 13.9.